The molecular formula is C23H39NO. The van der Waals surface area contributed by atoms with Gasteiger partial charge in [-0.3, -0.25) is 0 Å². The van der Waals surface area contributed by atoms with E-state index in [0.717, 1.165) is 45.0 Å². The first kappa shape index (κ1) is 20.5. The highest BCUT2D eigenvalue weighted by molar-refractivity contribution is 5.18. The summed E-state index contributed by atoms with van der Waals surface area (Å²) in [4.78, 5) is 2.49. The second-order valence-corrected chi connectivity index (χ2v) is 8.93. The Morgan fingerprint density at radius 3 is 2.36 bits per heavy atom. The van der Waals surface area contributed by atoms with Crippen LogP contribution in [0, 0.1) is 11.3 Å². The number of rotatable bonds is 9. The van der Waals surface area contributed by atoms with Gasteiger partial charge in [0, 0.05) is 19.6 Å². The first-order valence-corrected chi connectivity index (χ1v) is 10.3. The highest BCUT2D eigenvalue weighted by atomic mass is 16.5. The van der Waals surface area contributed by atoms with Gasteiger partial charge in [0.15, 0.2) is 0 Å². The third-order valence-corrected chi connectivity index (χ3v) is 5.71. The molecule has 0 saturated heterocycles. The van der Waals surface area contributed by atoms with Crippen molar-refractivity contribution in [3.8, 4) is 0 Å². The molecule has 0 aromatic heterocycles. The molecule has 2 atom stereocenters. The van der Waals surface area contributed by atoms with E-state index in [2.05, 4.69) is 69.9 Å². The van der Waals surface area contributed by atoms with E-state index in [-0.39, 0.29) is 5.60 Å². The highest BCUT2D eigenvalue weighted by Crippen LogP contribution is 2.47. The Hall–Kier alpha value is -0.860. The Labute approximate surface area is 156 Å². The molecule has 2 nitrogen and oxygen atoms in total. The van der Waals surface area contributed by atoms with Gasteiger partial charge in [-0.05, 0) is 55.7 Å². The lowest BCUT2D eigenvalue weighted by Crippen LogP contribution is -2.46. The molecule has 0 bridgehead atoms. The number of ether oxygens (including phenoxy) is 1. The molecule has 2 rings (SSSR count). The Kier molecular flexibility index (Phi) is 7.51. The summed E-state index contributed by atoms with van der Waals surface area (Å²) in [6.45, 7) is 16.0. The van der Waals surface area contributed by atoms with Crippen molar-refractivity contribution in [2.75, 3.05) is 26.2 Å². The fourth-order valence-electron chi connectivity index (χ4n) is 5.05. The molecule has 0 heterocycles. The molecule has 0 spiro atoms. The number of hydrogen-bond acceptors (Lipinski definition) is 2. The van der Waals surface area contributed by atoms with Gasteiger partial charge in [0.05, 0.1) is 5.60 Å². The first-order chi connectivity index (χ1) is 11.9. The summed E-state index contributed by atoms with van der Waals surface area (Å²) in [6, 6.07) is 10.9. The molecule has 2 unspecified atom stereocenters. The minimum Gasteiger partial charge on any atom is -0.375 e. The molecule has 1 aromatic rings. The third kappa shape index (κ3) is 6.42. The van der Waals surface area contributed by atoms with Crippen molar-refractivity contribution in [2.24, 2.45) is 11.3 Å². The average molecular weight is 346 g/mol. The van der Waals surface area contributed by atoms with Gasteiger partial charge in [0.2, 0.25) is 0 Å². The van der Waals surface area contributed by atoms with Crippen LogP contribution in [0.5, 0.6) is 0 Å². The van der Waals surface area contributed by atoms with Crippen LogP contribution in [0.2, 0.25) is 0 Å². The Morgan fingerprint density at radius 2 is 1.76 bits per heavy atom. The molecule has 0 radical (unpaired) electrons. The predicted molar refractivity (Wildman–Crippen MR) is 108 cm³/mol. The fourth-order valence-corrected chi connectivity index (χ4v) is 5.05. The molecule has 0 amide bonds. The van der Waals surface area contributed by atoms with Crippen LogP contribution in [0.4, 0.5) is 0 Å². The Bertz CT molecular complexity index is 494. The van der Waals surface area contributed by atoms with E-state index in [1.807, 2.05) is 0 Å². The second kappa shape index (κ2) is 9.19. The van der Waals surface area contributed by atoms with Crippen LogP contribution in [0.15, 0.2) is 30.3 Å². The van der Waals surface area contributed by atoms with Crippen molar-refractivity contribution in [3.05, 3.63) is 35.9 Å². The molecule has 25 heavy (non-hydrogen) atoms. The van der Waals surface area contributed by atoms with Crippen LogP contribution < -0.4 is 0 Å². The largest absolute Gasteiger partial charge is 0.375 e. The summed E-state index contributed by atoms with van der Waals surface area (Å²) < 4.78 is 6.69. The van der Waals surface area contributed by atoms with Gasteiger partial charge in [-0.2, -0.15) is 0 Å². The van der Waals surface area contributed by atoms with Crippen molar-refractivity contribution in [1.29, 1.82) is 0 Å². The van der Waals surface area contributed by atoms with Crippen molar-refractivity contribution in [3.63, 3.8) is 0 Å². The SMILES string of the molecule is CCN(CC)CCCOC1(Cc2ccccc2)CC(C)CC(C)(C)C1. The van der Waals surface area contributed by atoms with Crippen LogP contribution in [0.25, 0.3) is 0 Å². The average Bonchev–Trinajstić information content (AvgIpc) is 2.54. The zero-order valence-electron chi connectivity index (χ0n) is 17.2. The van der Waals surface area contributed by atoms with E-state index in [9.17, 15) is 0 Å². The minimum atomic E-state index is 0.00573. The summed E-state index contributed by atoms with van der Waals surface area (Å²) >= 11 is 0. The molecular weight excluding hydrogens is 306 g/mol. The van der Waals surface area contributed by atoms with Crippen molar-refractivity contribution in [1.82, 2.24) is 4.90 Å². The van der Waals surface area contributed by atoms with Gasteiger partial charge < -0.3 is 9.64 Å². The molecule has 2 heteroatoms. The van der Waals surface area contributed by atoms with Gasteiger partial charge in [-0.25, -0.2) is 0 Å². The van der Waals surface area contributed by atoms with E-state index in [1.165, 1.54) is 24.8 Å². The Morgan fingerprint density at radius 1 is 1.08 bits per heavy atom. The first-order valence-electron chi connectivity index (χ1n) is 10.3. The molecule has 1 fully saturated rings. The third-order valence-electron chi connectivity index (χ3n) is 5.71. The summed E-state index contributed by atoms with van der Waals surface area (Å²) in [5.74, 6) is 0.732. The predicted octanol–water partition coefficient (Wildman–Crippen LogP) is 5.56. The fraction of sp³-hybridized carbons (Fsp3) is 0.739. The van der Waals surface area contributed by atoms with Crippen LogP contribution in [-0.4, -0.2) is 36.7 Å². The summed E-state index contributed by atoms with van der Waals surface area (Å²) in [7, 11) is 0. The standard InChI is InChI=1S/C23H39NO/c1-6-24(7-2)14-11-15-25-23(18-21-12-9-8-10-13-21)17-20(3)16-22(4,5)19-23/h8-10,12-13,20H,6-7,11,14-19H2,1-5H3. The van der Waals surface area contributed by atoms with E-state index in [4.69, 9.17) is 4.74 Å². The Balaban J connectivity index is 2.04. The van der Waals surface area contributed by atoms with Crippen LogP contribution >= 0.6 is 0 Å². The van der Waals surface area contributed by atoms with Gasteiger partial charge in [0.25, 0.3) is 0 Å². The van der Waals surface area contributed by atoms with Gasteiger partial charge >= 0.3 is 0 Å². The molecule has 142 valence electrons. The van der Waals surface area contributed by atoms with Crippen molar-refractivity contribution in [2.45, 2.75) is 72.3 Å². The highest BCUT2D eigenvalue weighted by Gasteiger charge is 2.43. The van der Waals surface area contributed by atoms with Crippen LogP contribution in [0.1, 0.15) is 65.9 Å². The number of hydrogen-bond donors (Lipinski definition) is 0. The molecule has 1 aromatic carbocycles. The van der Waals surface area contributed by atoms with Gasteiger partial charge in [-0.1, -0.05) is 65.0 Å². The minimum absolute atomic E-state index is 0.00573. The normalized spacial score (nSPS) is 26.1. The lowest BCUT2D eigenvalue weighted by Gasteiger charge is -2.48. The van der Waals surface area contributed by atoms with E-state index in [1.54, 1.807) is 0 Å². The zero-order chi connectivity index (χ0) is 18.3. The van der Waals surface area contributed by atoms with E-state index in [0.29, 0.717) is 5.41 Å². The number of benzene rings is 1. The monoisotopic (exact) mass is 345 g/mol. The van der Waals surface area contributed by atoms with E-state index >= 15 is 0 Å². The molecule has 1 aliphatic rings. The zero-order valence-corrected chi connectivity index (χ0v) is 17.2. The van der Waals surface area contributed by atoms with Crippen molar-refractivity contribution < 1.29 is 4.74 Å². The lowest BCUT2D eigenvalue weighted by atomic mass is 9.64. The van der Waals surface area contributed by atoms with Gasteiger partial charge in [-0.15, -0.1) is 0 Å². The number of nitrogens with zero attached hydrogens (tertiary/aromatic N) is 1. The summed E-state index contributed by atoms with van der Waals surface area (Å²) in [5.41, 5.74) is 1.79. The van der Waals surface area contributed by atoms with Crippen molar-refractivity contribution >= 4 is 0 Å². The van der Waals surface area contributed by atoms with E-state index < -0.39 is 0 Å². The maximum atomic E-state index is 6.69. The molecule has 0 aliphatic heterocycles. The van der Waals surface area contributed by atoms with Crippen LogP contribution in [0.3, 0.4) is 0 Å². The second-order valence-electron chi connectivity index (χ2n) is 8.93. The van der Waals surface area contributed by atoms with Crippen LogP contribution in [-0.2, 0) is 11.2 Å². The maximum absolute atomic E-state index is 6.69. The van der Waals surface area contributed by atoms with Gasteiger partial charge in [0.1, 0.15) is 0 Å². The summed E-state index contributed by atoms with van der Waals surface area (Å²) in [5, 5.41) is 0. The topological polar surface area (TPSA) is 12.5 Å². The quantitative estimate of drug-likeness (QED) is 0.543. The molecule has 1 saturated carbocycles. The maximum Gasteiger partial charge on any atom is 0.0730 e. The lowest BCUT2D eigenvalue weighted by molar-refractivity contribution is -0.112. The molecule has 0 N–H and O–H groups in total. The molecule has 1 aliphatic carbocycles. The summed E-state index contributed by atoms with van der Waals surface area (Å²) in [6.07, 6.45) is 5.85. The smallest absolute Gasteiger partial charge is 0.0730 e.